The summed E-state index contributed by atoms with van der Waals surface area (Å²) in [4.78, 5) is 16.3. The first-order valence-corrected chi connectivity index (χ1v) is 6.61. The number of hydrogen-bond acceptors (Lipinski definition) is 3. The van der Waals surface area contributed by atoms with Gasteiger partial charge >= 0.3 is 0 Å². The predicted molar refractivity (Wildman–Crippen MR) is 80.9 cm³/mol. The Hall–Kier alpha value is -2.58. The van der Waals surface area contributed by atoms with Crippen molar-refractivity contribution in [3.05, 3.63) is 47.4 Å². The molecule has 0 spiro atoms. The second-order valence-electron chi connectivity index (χ2n) is 4.58. The quantitative estimate of drug-likeness (QED) is 0.843. The first-order chi connectivity index (χ1) is 10.1. The van der Waals surface area contributed by atoms with E-state index in [4.69, 9.17) is 5.11 Å². The fraction of sp³-hybridized carbons (Fsp3) is 0.250. The summed E-state index contributed by atoms with van der Waals surface area (Å²) in [5.41, 5.74) is 2.33. The number of anilines is 1. The van der Waals surface area contributed by atoms with Gasteiger partial charge in [0.1, 0.15) is 11.5 Å². The molecule has 1 amide bonds. The lowest BCUT2D eigenvalue weighted by Gasteiger charge is -2.06. The number of aromatic nitrogens is 2. The molecule has 2 heterocycles. The number of carbonyl (C=O) groups excluding carboxylic acids is 1. The molecule has 0 aromatic carbocycles. The fourth-order valence-corrected chi connectivity index (χ4v) is 1.82. The molecule has 0 radical (unpaired) electrons. The molecule has 0 saturated carbocycles. The Balaban J connectivity index is 2.13. The van der Waals surface area contributed by atoms with Crippen LogP contribution < -0.4 is 5.32 Å². The molecule has 5 nitrogen and oxygen atoms in total. The van der Waals surface area contributed by atoms with Gasteiger partial charge in [-0.1, -0.05) is 11.8 Å². The molecule has 5 heteroatoms. The zero-order valence-electron chi connectivity index (χ0n) is 12.1. The molecular weight excluding hydrogens is 266 g/mol. The number of carbonyl (C=O) groups is 1. The summed E-state index contributed by atoms with van der Waals surface area (Å²) in [5, 5.41) is 11.5. The average molecular weight is 283 g/mol. The van der Waals surface area contributed by atoms with E-state index in [9.17, 15) is 4.79 Å². The zero-order chi connectivity index (χ0) is 15.2. The normalized spacial score (nSPS) is 9.86. The van der Waals surface area contributed by atoms with E-state index in [1.807, 2.05) is 24.6 Å². The van der Waals surface area contributed by atoms with Gasteiger partial charge in [-0.05, 0) is 31.2 Å². The van der Waals surface area contributed by atoms with Crippen molar-refractivity contribution in [3.63, 3.8) is 0 Å². The third-order valence-electron chi connectivity index (χ3n) is 3.08. The van der Waals surface area contributed by atoms with Crippen molar-refractivity contribution in [2.24, 2.45) is 7.05 Å². The summed E-state index contributed by atoms with van der Waals surface area (Å²) < 4.78 is 1.82. The molecule has 2 aromatic rings. The second kappa shape index (κ2) is 6.73. The molecule has 2 rings (SSSR count). The Kier molecular flexibility index (Phi) is 4.75. The summed E-state index contributed by atoms with van der Waals surface area (Å²) >= 11 is 0. The highest BCUT2D eigenvalue weighted by Crippen LogP contribution is 2.10. The van der Waals surface area contributed by atoms with Gasteiger partial charge in [-0.15, -0.1) is 0 Å². The van der Waals surface area contributed by atoms with Crippen LogP contribution in [0.5, 0.6) is 0 Å². The fourth-order valence-electron chi connectivity index (χ4n) is 1.82. The van der Waals surface area contributed by atoms with E-state index in [-0.39, 0.29) is 12.5 Å². The van der Waals surface area contributed by atoms with Crippen LogP contribution in [0.25, 0.3) is 0 Å². The standard InChI is InChI=1S/C16H17N3O2/c1-12-6-7-14(19(12)2)16(21)18-15-11-13(8-9-17-15)5-3-4-10-20/h6-9,11,20H,4,10H2,1-2H3,(H,17,18,21). The van der Waals surface area contributed by atoms with Crippen LogP contribution in [0.15, 0.2) is 30.5 Å². The van der Waals surface area contributed by atoms with Crippen LogP contribution in [-0.2, 0) is 7.05 Å². The Morgan fingerprint density at radius 3 is 2.90 bits per heavy atom. The van der Waals surface area contributed by atoms with Crippen LogP contribution >= 0.6 is 0 Å². The topological polar surface area (TPSA) is 67.2 Å². The number of hydrogen-bond donors (Lipinski definition) is 2. The lowest BCUT2D eigenvalue weighted by atomic mass is 10.2. The van der Waals surface area contributed by atoms with Gasteiger partial charge in [-0.3, -0.25) is 4.79 Å². The Morgan fingerprint density at radius 1 is 1.43 bits per heavy atom. The van der Waals surface area contributed by atoms with Crippen LogP contribution in [0.2, 0.25) is 0 Å². The SMILES string of the molecule is Cc1ccc(C(=O)Nc2cc(C#CCCO)ccn2)n1C. The van der Waals surface area contributed by atoms with Gasteiger partial charge < -0.3 is 15.0 Å². The number of amides is 1. The minimum atomic E-state index is -0.210. The van der Waals surface area contributed by atoms with Crippen molar-refractivity contribution in [2.45, 2.75) is 13.3 Å². The monoisotopic (exact) mass is 283 g/mol. The minimum Gasteiger partial charge on any atom is -0.395 e. The van der Waals surface area contributed by atoms with Crippen molar-refractivity contribution in [2.75, 3.05) is 11.9 Å². The molecule has 0 atom stereocenters. The van der Waals surface area contributed by atoms with E-state index in [0.29, 0.717) is 17.9 Å². The number of pyridine rings is 1. The molecule has 0 aliphatic heterocycles. The maximum absolute atomic E-state index is 12.2. The average Bonchev–Trinajstić information content (AvgIpc) is 2.80. The van der Waals surface area contributed by atoms with E-state index in [1.165, 1.54) is 0 Å². The van der Waals surface area contributed by atoms with Crippen molar-refractivity contribution < 1.29 is 9.90 Å². The van der Waals surface area contributed by atoms with Crippen molar-refractivity contribution >= 4 is 11.7 Å². The number of aliphatic hydroxyl groups is 1. The van der Waals surface area contributed by atoms with Crippen molar-refractivity contribution in [1.82, 2.24) is 9.55 Å². The maximum atomic E-state index is 12.2. The number of aliphatic hydroxyl groups excluding tert-OH is 1. The van der Waals surface area contributed by atoms with E-state index >= 15 is 0 Å². The molecule has 0 unspecified atom stereocenters. The first-order valence-electron chi connectivity index (χ1n) is 6.61. The molecule has 0 aliphatic carbocycles. The van der Waals surface area contributed by atoms with Gasteiger partial charge in [0, 0.05) is 30.9 Å². The Morgan fingerprint density at radius 2 is 2.24 bits per heavy atom. The molecule has 0 saturated heterocycles. The van der Waals surface area contributed by atoms with Crippen LogP contribution in [0, 0.1) is 18.8 Å². The van der Waals surface area contributed by atoms with Gasteiger partial charge in [0.2, 0.25) is 0 Å². The number of nitrogens with zero attached hydrogens (tertiary/aromatic N) is 2. The van der Waals surface area contributed by atoms with E-state index in [2.05, 4.69) is 22.1 Å². The summed E-state index contributed by atoms with van der Waals surface area (Å²) in [5.74, 6) is 5.98. The maximum Gasteiger partial charge on any atom is 0.273 e. The molecular formula is C16H17N3O2. The van der Waals surface area contributed by atoms with Gasteiger partial charge in [0.15, 0.2) is 0 Å². The number of rotatable bonds is 3. The van der Waals surface area contributed by atoms with E-state index in [0.717, 1.165) is 11.3 Å². The third kappa shape index (κ3) is 3.71. The van der Waals surface area contributed by atoms with Gasteiger partial charge in [0.25, 0.3) is 5.91 Å². The molecule has 0 aliphatic rings. The van der Waals surface area contributed by atoms with Crippen LogP contribution in [0.4, 0.5) is 5.82 Å². The smallest absolute Gasteiger partial charge is 0.273 e. The summed E-state index contributed by atoms with van der Waals surface area (Å²) in [6.07, 6.45) is 2.02. The summed E-state index contributed by atoms with van der Waals surface area (Å²) in [6, 6.07) is 7.12. The first kappa shape index (κ1) is 14.8. The molecule has 0 fully saturated rings. The predicted octanol–water partition coefficient (Wildman–Crippen LogP) is 1.71. The third-order valence-corrected chi connectivity index (χ3v) is 3.08. The van der Waals surface area contributed by atoms with Crippen molar-refractivity contribution in [3.8, 4) is 11.8 Å². The lowest BCUT2D eigenvalue weighted by molar-refractivity contribution is 0.101. The van der Waals surface area contributed by atoms with Gasteiger partial charge in [-0.2, -0.15) is 0 Å². The Labute approximate surface area is 123 Å². The number of nitrogens with one attached hydrogen (secondary N) is 1. The molecule has 108 valence electrons. The zero-order valence-corrected chi connectivity index (χ0v) is 12.1. The lowest BCUT2D eigenvalue weighted by Crippen LogP contribution is -2.16. The molecule has 2 N–H and O–H groups in total. The van der Waals surface area contributed by atoms with Gasteiger partial charge in [-0.25, -0.2) is 4.98 Å². The molecule has 21 heavy (non-hydrogen) atoms. The molecule has 2 aromatic heterocycles. The van der Waals surface area contributed by atoms with Crippen LogP contribution in [-0.4, -0.2) is 27.2 Å². The van der Waals surface area contributed by atoms with Gasteiger partial charge in [0.05, 0.1) is 6.61 Å². The van der Waals surface area contributed by atoms with E-state index < -0.39 is 0 Å². The highest BCUT2D eigenvalue weighted by atomic mass is 16.2. The number of aryl methyl sites for hydroxylation is 1. The van der Waals surface area contributed by atoms with Crippen LogP contribution in [0.1, 0.15) is 28.2 Å². The molecule has 0 bridgehead atoms. The summed E-state index contributed by atoms with van der Waals surface area (Å²) in [6.45, 7) is 1.97. The minimum absolute atomic E-state index is 0.0362. The largest absolute Gasteiger partial charge is 0.395 e. The van der Waals surface area contributed by atoms with Crippen molar-refractivity contribution in [1.29, 1.82) is 0 Å². The highest BCUT2D eigenvalue weighted by Gasteiger charge is 2.11. The van der Waals surface area contributed by atoms with E-state index in [1.54, 1.807) is 24.4 Å². The Bertz CT molecular complexity index is 708. The summed E-state index contributed by atoms with van der Waals surface area (Å²) in [7, 11) is 1.84. The van der Waals surface area contributed by atoms with Crippen LogP contribution in [0.3, 0.4) is 0 Å². The second-order valence-corrected chi connectivity index (χ2v) is 4.58. The highest BCUT2D eigenvalue weighted by molar-refractivity contribution is 6.02.